The first-order valence-electron chi connectivity index (χ1n) is 7.92. The lowest BCUT2D eigenvalue weighted by atomic mass is 10.1. The van der Waals surface area contributed by atoms with E-state index >= 15 is 0 Å². The smallest absolute Gasteiger partial charge is 0.289 e. The summed E-state index contributed by atoms with van der Waals surface area (Å²) in [6.45, 7) is 2.05. The molecule has 3 rings (SSSR count). The second-order valence-corrected chi connectivity index (χ2v) is 6.21. The molecule has 1 aliphatic rings. The zero-order valence-electron chi connectivity index (χ0n) is 12.9. The van der Waals surface area contributed by atoms with Gasteiger partial charge in [-0.3, -0.25) is 4.79 Å². The summed E-state index contributed by atoms with van der Waals surface area (Å²) in [5, 5.41) is 1.01. The van der Waals surface area contributed by atoms with Crippen LogP contribution >= 0.6 is 0 Å². The van der Waals surface area contributed by atoms with Gasteiger partial charge in [0.1, 0.15) is 5.58 Å². The lowest BCUT2D eigenvalue weighted by Crippen LogP contribution is -2.36. The van der Waals surface area contributed by atoms with Crippen molar-refractivity contribution in [2.45, 2.75) is 51.5 Å². The van der Waals surface area contributed by atoms with Crippen LogP contribution in [0.1, 0.15) is 54.6 Å². The second kappa shape index (κ2) is 5.92. The molecule has 1 aliphatic carbocycles. The minimum absolute atomic E-state index is 0.00996. The Kier molecular flexibility index (Phi) is 4.00. The van der Waals surface area contributed by atoms with Gasteiger partial charge < -0.3 is 9.32 Å². The first-order valence-corrected chi connectivity index (χ1v) is 7.92. The van der Waals surface area contributed by atoms with E-state index in [4.69, 9.17) is 4.42 Å². The van der Waals surface area contributed by atoms with Gasteiger partial charge in [-0.05, 0) is 38.0 Å². The van der Waals surface area contributed by atoms with Crippen molar-refractivity contribution in [3.8, 4) is 0 Å². The molecule has 1 saturated carbocycles. The molecule has 0 unspecified atom stereocenters. The van der Waals surface area contributed by atoms with E-state index in [2.05, 4.69) is 6.07 Å². The lowest BCUT2D eigenvalue weighted by molar-refractivity contribution is 0.0688. The molecule has 0 atom stereocenters. The van der Waals surface area contributed by atoms with Crippen LogP contribution in [0.25, 0.3) is 11.0 Å². The SMILES string of the molecule is Cc1ccc2oc(C(=O)N(C)C3CCCCCC3)cc2c1. The zero-order chi connectivity index (χ0) is 14.8. The molecule has 0 spiro atoms. The van der Waals surface area contributed by atoms with E-state index in [1.807, 2.05) is 37.1 Å². The fourth-order valence-corrected chi connectivity index (χ4v) is 3.25. The van der Waals surface area contributed by atoms with Crippen LogP contribution in [-0.2, 0) is 0 Å². The minimum atomic E-state index is 0.00996. The number of carbonyl (C=O) groups excluding carboxylic acids is 1. The molecule has 0 saturated heterocycles. The number of hydrogen-bond acceptors (Lipinski definition) is 2. The van der Waals surface area contributed by atoms with Crippen LogP contribution in [0.15, 0.2) is 28.7 Å². The molecule has 1 fully saturated rings. The molecule has 3 nitrogen and oxygen atoms in total. The van der Waals surface area contributed by atoms with Gasteiger partial charge in [0.05, 0.1) is 0 Å². The number of rotatable bonds is 2. The van der Waals surface area contributed by atoms with Crippen molar-refractivity contribution in [2.75, 3.05) is 7.05 Å². The molecular weight excluding hydrogens is 262 g/mol. The number of hydrogen-bond donors (Lipinski definition) is 0. The number of amides is 1. The quantitative estimate of drug-likeness (QED) is 0.759. The molecule has 1 aromatic heterocycles. The van der Waals surface area contributed by atoms with Gasteiger partial charge in [0.2, 0.25) is 0 Å². The van der Waals surface area contributed by atoms with Crippen LogP contribution in [0.3, 0.4) is 0 Å². The third-order valence-corrected chi connectivity index (χ3v) is 4.58. The molecule has 0 N–H and O–H groups in total. The average molecular weight is 285 g/mol. The van der Waals surface area contributed by atoms with Crippen molar-refractivity contribution in [3.63, 3.8) is 0 Å². The summed E-state index contributed by atoms with van der Waals surface area (Å²) < 4.78 is 5.74. The van der Waals surface area contributed by atoms with Gasteiger partial charge in [-0.25, -0.2) is 0 Å². The van der Waals surface area contributed by atoms with Gasteiger partial charge in [0.25, 0.3) is 5.91 Å². The topological polar surface area (TPSA) is 33.5 Å². The predicted octanol–water partition coefficient (Wildman–Crippen LogP) is 4.54. The molecule has 3 heteroatoms. The summed E-state index contributed by atoms with van der Waals surface area (Å²) in [5.74, 6) is 0.470. The summed E-state index contributed by atoms with van der Waals surface area (Å²) in [7, 11) is 1.91. The maximum absolute atomic E-state index is 12.6. The van der Waals surface area contributed by atoms with Crippen molar-refractivity contribution in [1.29, 1.82) is 0 Å². The Morgan fingerprint density at radius 1 is 1.14 bits per heavy atom. The summed E-state index contributed by atoms with van der Waals surface area (Å²) in [4.78, 5) is 14.5. The second-order valence-electron chi connectivity index (χ2n) is 6.21. The van der Waals surface area contributed by atoms with Crippen molar-refractivity contribution < 1.29 is 9.21 Å². The Hall–Kier alpha value is -1.77. The summed E-state index contributed by atoms with van der Waals surface area (Å²) in [6, 6.07) is 8.23. The van der Waals surface area contributed by atoms with Crippen LogP contribution < -0.4 is 0 Å². The highest BCUT2D eigenvalue weighted by atomic mass is 16.3. The molecule has 0 bridgehead atoms. The van der Waals surface area contributed by atoms with Gasteiger partial charge in [-0.15, -0.1) is 0 Å². The molecule has 21 heavy (non-hydrogen) atoms. The van der Waals surface area contributed by atoms with Crippen LogP contribution in [0.4, 0.5) is 0 Å². The van der Waals surface area contributed by atoms with Crippen LogP contribution in [0, 0.1) is 6.92 Å². The normalized spacial score (nSPS) is 16.9. The third-order valence-electron chi connectivity index (χ3n) is 4.58. The highest BCUT2D eigenvalue weighted by Crippen LogP contribution is 2.25. The Morgan fingerprint density at radius 3 is 2.57 bits per heavy atom. The average Bonchev–Trinajstić information content (AvgIpc) is 2.71. The van der Waals surface area contributed by atoms with Crippen molar-refractivity contribution >= 4 is 16.9 Å². The van der Waals surface area contributed by atoms with Gasteiger partial charge in [0.15, 0.2) is 5.76 Å². The predicted molar refractivity (Wildman–Crippen MR) is 84.5 cm³/mol. The van der Waals surface area contributed by atoms with Crippen LogP contribution in [0.2, 0.25) is 0 Å². The van der Waals surface area contributed by atoms with Crippen molar-refractivity contribution in [3.05, 3.63) is 35.6 Å². The van der Waals surface area contributed by atoms with Gasteiger partial charge in [-0.2, -0.15) is 0 Å². The Labute approximate surface area is 125 Å². The number of furan rings is 1. The standard InChI is InChI=1S/C18H23NO2/c1-13-9-10-16-14(11-13)12-17(21-16)18(20)19(2)15-7-5-3-4-6-8-15/h9-12,15H,3-8H2,1-2H3. The van der Waals surface area contributed by atoms with E-state index in [1.165, 1.54) is 31.2 Å². The molecule has 112 valence electrons. The van der Waals surface area contributed by atoms with Crippen molar-refractivity contribution in [1.82, 2.24) is 4.90 Å². The van der Waals surface area contributed by atoms with E-state index in [1.54, 1.807) is 0 Å². The Morgan fingerprint density at radius 2 is 1.86 bits per heavy atom. The first-order chi connectivity index (χ1) is 10.1. The summed E-state index contributed by atoms with van der Waals surface area (Å²) >= 11 is 0. The molecule has 0 aliphatic heterocycles. The molecule has 1 heterocycles. The largest absolute Gasteiger partial charge is 0.451 e. The highest BCUT2D eigenvalue weighted by molar-refractivity contribution is 5.96. The molecular formula is C18H23NO2. The lowest BCUT2D eigenvalue weighted by Gasteiger charge is -2.26. The van der Waals surface area contributed by atoms with Gasteiger partial charge >= 0.3 is 0 Å². The molecule has 1 amide bonds. The molecule has 1 aromatic carbocycles. The van der Waals surface area contributed by atoms with E-state index in [0.717, 1.165) is 23.8 Å². The van der Waals surface area contributed by atoms with Crippen LogP contribution in [0.5, 0.6) is 0 Å². The number of benzene rings is 1. The van der Waals surface area contributed by atoms with E-state index in [-0.39, 0.29) is 5.91 Å². The zero-order valence-corrected chi connectivity index (χ0v) is 12.9. The summed E-state index contributed by atoms with van der Waals surface area (Å²) in [6.07, 6.45) is 7.26. The third kappa shape index (κ3) is 2.97. The molecule has 2 aromatic rings. The van der Waals surface area contributed by atoms with Crippen molar-refractivity contribution in [2.24, 2.45) is 0 Å². The van der Waals surface area contributed by atoms with Gasteiger partial charge in [0, 0.05) is 18.5 Å². The summed E-state index contributed by atoms with van der Waals surface area (Å²) in [5.41, 5.74) is 1.97. The fourth-order valence-electron chi connectivity index (χ4n) is 3.25. The number of fused-ring (bicyclic) bond motifs is 1. The number of aryl methyl sites for hydroxylation is 1. The van der Waals surface area contributed by atoms with E-state index in [9.17, 15) is 4.79 Å². The number of carbonyl (C=O) groups is 1. The fraction of sp³-hybridized carbons (Fsp3) is 0.500. The number of nitrogens with zero attached hydrogens (tertiary/aromatic N) is 1. The highest BCUT2D eigenvalue weighted by Gasteiger charge is 2.24. The first kappa shape index (κ1) is 14.2. The Bertz CT molecular complexity index is 636. The van der Waals surface area contributed by atoms with E-state index < -0.39 is 0 Å². The van der Waals surface area contributed by atoms with E-state index in [0.29, 0.717) is 11.8 Å². The minimum Gasteiger partial charge on any atom is -0.451 e. The maximum Gasteiger partial charge on any atom is 0.289 e. The Balaban J connectivity index is 1.81. The monoisotopic (exact) mass is 285 g/mol. The van der Waals surface area contributed by atoms with Gasteiger partial charge in [-0.1, -0.05) is 37.3 Å². The maximum atomic E-state index is 12.6. The van der Waals surface area contributed by atoms with Crippen LogP contribution in [-0.4, -0.2) is 23.9 Å². The molecule has 0 radical (unpaired) electrons.